The van der Waals surface area contributed by atoms with Gasteiger partial charge in [-0.1, -0.05) is 24.3 Å². The molecule has 1 N–H and O–H groups in total. The highest BCUT2D eigenvalue weighted by atomic mass is 16.5. The second-order valence-electron chi connectivity index (χ2n) is 4.27. The molecule has 0 saturated carbocycles. The van der Waals surface area contributed by atoms with Gasteiger partial charge >= 0.3 is 5.97 Å². The SMILES string of the molecule is COc1ccccc1Oc1cccc(CC(=O)O)c1OC. The smallest absolute Gasteiger partial charge is 0.307 e. The van der Waals surface area contributed by atoms with Crippen LogP contribution in [0.3, 0.4) is 0 Å². The van der Waals surface area contributed by atoms with Crippen molar-refractivity contribution < 1.29 is 24.1 Å². The molecule has 0 bridgehead atoms. The average molecular weight is 288 g/mol. The monoisotopic (exact) mass is 288 g/mol. The van der Waals surface area contributed by atoms with E-state index in [0.717, 1.165) is 0 Å². The number of rotatable bonds is 6. The second-order valence-corrected chi connectivity index (χ2v) is 4.27. The summed E-state index contributed by atoms with van der Waals surface area (Å²) < 4.78 is 16.3. The first-order chi connectivity index (χ1) is 10.2. The van der Waals surface area contributed by atoms with Crippen molar-refractivity contribution >= 4 is 5.97 Å². The Balaban J connectivity index is 2.37. The Labute approximate surface area is 122 Å². The van der Waals surface area contributed by atoms with Crippen molar-refractivity contribution in [3.8, 4) is 23.0 Å². The van der Waals surface area contributed by atoms with Crippen LogP contribution in [0.2, 0.25) is 0 Å². The highest BCUT2D eigenvalue weighted by molar-refractivity contribution is 5.72. The van der Waals surface area contributed by atoms with Crippen LogP contribution in [-0.4, -0.2) is 25.3 Å². The minimum atomic E-state index is -0.928. The Morgan fingerprint density at radius 2 is 1.62 bits per heavy atom. The first kappa shape index (κ1) is 14.7. The number of carboxylic acids is 1. The van der Waals surface area contributed by atoms with Gasteiger partial charge in [-0.3, -0.25) is 4.79 Å². The lowest BCUT2D eigenvalue weighted by molar-refractivity contribution is -0.136. The van der Waals surface area contributed by atoms with E-state index in [0.29, 0.717) is 28.6 Å². The van der Waals surface area contributed by atoms with Gasteiger partial charge in [-0.25, -0.2) is 0 Å². The van der Waals surface area contributed by atoms with Crippen molar-refractivity contribution in [1.29, 1.82) is 0 Å². The van der Waals surface area contributed by atoms with E-state index in [1.807, 2.05) is 12.1 Å². The van der Waals surface area contributed by atoms with Gasteiger partial charge in [-0.15, -0.1) is 0 Å². The molecule has 0 radical (unpaired) electrons. The lowest BCUT2D eigenvalue weighted by atomic mass is 10.1. The molecular weight excluding hydrogens is 272 g/mol. The third kappa shape index (κ3) is 3.45. The summed E-state index contributed by atoms with van der Waals surface area (Å²) in [6.45, 7) is 0. The van der Waals surface area contributed by atoms with Crippen LogP contribution in [0.5, 0.6) is 23.0 Å². The molecule has 5 heteroatoms. The number of para-hydroxylation sites is 3. The number of methoxy groups -OCH3 is 2. The standard InChI is InChI=1S/C16H16O5/c1-19-12-7-3-4-8-13(12)21-14-9-5-6-11(10-15(17)18)16(14)20-2/h3-9H,10H2,1-2H3,(H,17,18). The molecule has 0 aromatic heterocycles. The molecule has 0 aliphatic rings. The maximum atomic E-state index is 10.9. The first-order valence-electron chi connectivity index (χ1n) is 6.34. The van der Waals surface area contributed by atoms with E-state index in [4.69, 9.17) is 19.3 Å². The Bertz CT molecular complexity index is 636. The molecule has 0 fully saturated rings. The summed E-state index contributed by atoms with van der Waals surface area (Å²) in [7, 11) is 3.04. The zero-order valence-corrected chi connectivity index (χ0v) is 11.8. The molecule has 0 aliphatic heterocycles. The molecule has 0 amide bonds. The Morgan fingerprint density at radius 3 is 2.24 bits per heavy atom. The molecule has 2 rings (SSSR count). The van der Waals surface area contributed by atoms with Gasteiger partial charge in [0.25, 0.3) is 0 Å². The van der Waals surface area contributed by atoms with Crippen LogP contribution in [0.25, 0.3) is 0 Å². The molecule has 0 heterocycles. The third-order valence-electron chi connectivity index (χ3n) is 2.90. The van der Waals surface area contributed by atoms with E-state index < -0.39 is 5.97 Å². The minimum absolute atomic E-state index is 0.133. The third-order valence-corrected chi connectivity index (χ3v) is 2.90. The fraction of sp³-hybridized carbons (Fsp3) is 0.188. The van der Waals surface area contributed by atoms with Gasteiger partial charge in [-0.05, 0) is 18.2 Å². The lowest BCUT2D eigenvalue weighted by Gasteiger charge is -2.15. The molecule has 2 aromatic rings. The molecule has 110 valence electrons. The van der Waals surface area contributed by atoms with Crippen LogP contribution in [0.1, 0.15) is 5.56 Å². The maximum Gasteiger partial charge on any atom is 0.307 e. The van der Waals surface area contributed by atoms with E-state index in [2.05, 4.69) is 0 Å². The fourth-order valence-corrected chi connectivity index (χ4v) is 2.00. The quantitative estimate of drug-likeness (QED) is 0.884. The molecule has 0 spiro atoms. The van der Waals surface area contributed by atoms with Crippen molar-refractivity contribution in [3.05, 3.63) is 48.0 Å². The Morgan fingerprint density at radius 1 is 0.952 bits per heavy atom. The summed E-state index contributed by atoms with van der Waals surface area (Å²) in [5, 5.41) is 8.93. The summed E-state index contributed by atoms with van der Waals surface area (Å²) in [6.07, 6.45) is -0.133. The number of aliphatic carboxylic acids is 1. The molecular formula is C16H16O5. The number of carboxylic acid groups (broad SMARTS) is 1. The normalized spacial score (nSPS) is 10.0. The van der Waals surface area contributed by atoms with Crippen LogP contribution in [0.15, 0.2) is 42.5 Å². The molecule has 0 saturated heterocycles. The van der Waals surface area contributed by atoms with Crippen molar-refractivity contribution in [3.63, 3.8) is 0 Å². The number of hydrogen-bond donors (Lipinski definition) is 1. The number of hydrogen-bond acceptors (Lipinski definition) is 4. The molecule has 0 aliphatic carbocycles. The zero-order valence-electron chi connectivity index (χ0n) is 11.8. The highest BCUT2D eigenvalue weighted by Crippen LogP contribution is 2.38. The minimum Gasteiger partial charge on any atom is -0.493 e. The number of carbonyl (C=O) groups is 1. The van der Waals surface area contributed by atoms with E-state index in [-0.39, 0.29) is 6.42 Å². The summed E-state index contributed by atoms with van der Waals surface area (Å²) in [5.74, 6) is 1.04. The lowest BCUT2D eigenvalue weighted by Crippen LogP contribution is -2.03. The molecule has 2 aromatic carbocycles. The van der Waals surface area contributed by atoms with Gasteiger partial charge in [0.2, 0.25) is 0 Å². The topological polar surface area (TPSA) is 65.0 Å². The summed E-state index contributed by atoms with van der Waals surface area (Å²) in [5.41, 5.74) is 0.553. The van der Waals surface area contributed by atoms with Crippen molar-refractivity contribution in [2.75, 3.05) is 14.2 Å². The largest absolute Gasteiger partial charge is 0.493 e. The van der Waals surface area contributed by atoms with Crippen LogP contribution in [0, 0.1) is 0 Å². The highest BCUT2D eigenvalue weighted by Gasteiger charge is 2.14. The average Bonchev–Trinajstić information content (AvgIpc) is 2.47. The number of ether oxygens (including phenoxy) is 3. The fourth-order valence-electron chi connectivity index (χ4n) is 2.00. The van der Waals surface area contributed by atoms with Crippen molar-refractivity contribution in [1.82, 2.24) is 0 Å². The summed E-state index contributed by atoms with van der Waals surface area (Å²) in [4.78, 5) is 10.9. The summed E-state index contributed by atoms with van der Waals surface area (Å²) in [6, 6.07) is 12.4. The van der Waals surface area contributed by atoms with Crippen LogP contribution in [0.4, 0.5) is 0 Å². The predicted molar refractivity (Wildman–Crippen MR) is 77.4 cm³/mol. The second kappa shape index (κ2) is 6.65. The Kier molecular flexibility index (Phi) is 4.66. The maximum absolute atomic E-state index is 10.9. The van der Waals surface area contributed by atoms with Crippen LogP contribution >= 0.6 is 0 Å². The molecule has 21 heavy (non-hydrogen) atoms. The molecule has 5 nitrogen and oxygen atoms in total. The van der Waals surface area contributed by atoms with E-state index in [1.165, 1.54) is 7.11 Å². The van der Waals surface area contributed by atoms with Gasteiger partial charge in [-0.2, -0.15) is 0 Å². The Hall–Kier alpha value is -2.69. The molecule has 0 unspecified atom stereocenters. The molecule has 0 atom stereocenters. The summed E-state index contributed by atoms with van der Waals surface area (Å²) >= 11 is 0. The van der Waals surface area contributed by atoms with Gasteiger partial charge in [0.1, 0.15) is 0 Å². The van der Waals surface area contributed by atoms with Crippen molar-refractivity contribution in [2.24, 2.45) is 0 Å². The zero-order chi connectivity index (χ0) is 15.2. The van der Waals surface area contributed by atoms with Gasteiger partial charge < -0.3 is 19.3 Å². The number of benzene rings is 2. The van der Waals surface area contributed by atoms with E-state index in [1.54, 1.807) is 37.4 Å². The van der Waals surface area contributed by atoms with E-state index in [9.17, 15) is 4.79 Å². The van der Waals surface area contributed by atoms with Gasteiger partial charge in [0.05, 0.1) is 20.6 Å². The van der Waals surface area contributed by atoms with Crippen LogP contribution < -0.4 is 14.2 Å². The first-order valence-corrected chi connectivity index (χ1v) is 6.34. The van der Waals surface area contributed by atoms with Crippen molar-refractivity contribution in [2.45, 2.75) is 6.42 Å². The van der Waals surface area contributed by atoms with E-state index >= 15 is 0 Å². The van der Waals surface area contributed by atoms with Crippen LogP contribution in [-0.2, 0) is 11.2 Å². The van der Waals surface area contributed by atoms with Gasteiger partial charge in [0, 0.05) is 5.56 Å². The van der Waals surface area contributed by atoms with Gasteiger partial charge in [0.15, 0.2) is 23.0 Å². The predicted octanol–water partition coefficient (Wildman–Crippen LogP) is 3.12.